The number of carbonyl (C=O) groups is 1. The molecule has 6 nitrogen and oxygen atoms in total. The van der Waals surface area contributed by atoms with E-state index in [0.717, 1.165) is 45.3 Å². The molecule has 142 valence electrons. The van der Waals surface area contributed by atoms with Gasteiger partial charge in [-0.2, -0.15) is 0 Å². The molecule has 7 heteroatoms. The lowest BCUT2D eigenvalue weighted by atomic mass is 10.1. The maximum Gasteiger partial charge on any atom is 0.261 e. The van der Waals surface area contributed by atoms with E-state index in [1.165, 1.54) is 11.3 Å². The third-order valence-corrected chi connectivity index (χ3v) is 6.10. The first-order valence-corrected chi connectivity index (χ1v) is 10.00. The van der Waals surface area contributed by atoms with E-state index >= 15 is 0 Å². The van der Waals surface area contributed by atoms with Crippen molar-refractivity contribution in [3.05, 3.63) is 22.0 Å². The topological polar surface area (TPSA) is 67.4 Å². The SMILES string of the molecule is Cc1nc(C)c2c(C)c(C(=O)NCC(C)N3CC(C)OC(C)C3)sc2n1. The van der Waals surface area contributed by atoms with Gasteiger partial charge in [-0.05, 0) is 47.1 Å². The minimum absolute atomic E-state index is 0.0243. The molecule has 1 fully saturated rings. The highest BCUT2D eigenvalue weighted by atomic mass is 32.1. The van der Waals surface area contributed by atoms with Crippen LogP contribution in [0.15, 0.2) is 0 Å². The summed E-state index contributed by atoms with van der Waals surface area (Å²) in [6, 6.07) is 0.270. The Labute approximate surface area is 159 Å². The maximum absolute atomic E-state index is 12.8. The second-order valence-corrected chi connectivity index (χ2v) is 8.36. The summed E-state index contributed by atoms with van der Waals surface area (Å²) < 4.78 is 5.79. The molecule has 3 rings (SSSR count). The fourth-order valence-electron chi connectivity index (χ4n) is 3.72. The largest absolute Gasteiger partial charge is 0.373 e. The number of fused-ring (bicyclic) bond motifs is 1. The molecule has 0 saturated carbocycles. The summed E-state index contributed by atoms with van der Waals surface area (Å²) in [4.78, 5) is 25.7. The van der Waals surface area contributed by atoms with Crippen LogP contribution in [-0.2, 0) is 4.74 Å². The van der Waals surface area contributed by atoms with Crippen LogP contribution in [0.5, 0.6) is 0 Å². The van der Waals surface area contributed by atoms with Crippen LogP contribution >= 0.6 is 11.3 Å². The molecule has 0 aromatic carbocycles. The number of carbonyl (C=O) groups excluding carboxylic acids is 1. The fourth-order valence-corrected chi connectivity index (χ4v) is 4.91. The molecule has 0 spiro atoms. The highest BCUT2D eigenvalue weighted by Crippen LogP contribution is 2.31. The van der Waals surface area contributed by atoms with Crippen LogP contribution in [0.2, 0.25) is 0 Å². The first-order valence-electron chi connectivity index (χ1n) is 9.18. The number of ether oxygens (including phenoxy) is 1. The van der Waals surface area contributed by atoms with Gasteiger partial charge >= 0.3 is 0 Å². The number of amides is 1. The summed E-state index contributed by atoms with van der Waals surface area (Å²) in [5.74, 6) is 0.719. The van der Waals surface area contributed by atoms with Gasteiger partial charge in [0.15, 0.2) is 0 Å². The van der Waals surface area contributed by atoms with Gasteiger partial charge in [-0.3, -0.25) is 9.69 Å². The van der Waals surface area contributed by atoms with E-state index in [-0.39, 0.29) is 24.2 Å². The van der Waals surface area contributed by atoms with E-state index in [1.54, 1.807) is 0 Å². The van der Waals surface area contributed by atoms with Crippen molar-refractivity contribution < 1.29 is 9.53 Å². The summed E-state index contributed by atoms with van der Waals surface area (Å²) in [6.45, 7) is 14.6. The average molecular weight is 377 g/mol. The molecule has 1 amide bonds. The standard InChI is InChI=1S/C19H28N4O2S/c1-10(23-8-11(2)25-12(3)9-23)7-20-18(24)17-13(4)16-14(5)21-15(6)22-19(16)26-17/h10-12H,7-9H2,1-6H3,(H,20,24). The van der Waals surface area contributed by atoms with Crippen molar-refractivity contribution in [3.63, 3.8) is 0 Å². The predicted octanol–water partition coefficient (Wildman–Crippen LogP) is 2.84. The first-order chi connectivity index (χ1) is 12.3. The molecule has 2 aromatic heterocycles. The van der Waals surface area contributed by atoms with Gasteiger partial charge in [0.1, 0.15) is 10.7 Å². The van der Waals surface area contributed by atoms with Gasteiger partial charge in [-0.15, -0.1) is 11.3 Å². The molecule has 1 N–H and O–H groups in total. The van der Waals surface area contributed by atoms with Gasteiger partial charge in [-0.25, -0.2) is 9.97 Å². The lowest BCUT2D eigenvalue weighted by molar-refractivity contribution is -0.0778. The zero-order valence-electron chi connectivity index (χ0n) is 16.4. The zero-order valence-corrected chi connectivity index (χ0v) is 17.2. The van der Waals surface area contributed by atoms with Crippen LogP contribution in [0, 0.1) is 20.8 Å². The molecule has 1 aliphatic heterocycles. The number of hydrogen-bond acceptors (Lipinski definition) is 6. The Bertz CT molecular complexity index is 809. The van der Waals surface area contributed by atoms with E-state index in [1.807, 2.05) is 20.8 Å². The number of aromatic nitrogens is 2. The second-order valence-electron chi connectivity index (χ2n) is 7.36. The van der Waals surface area contributed by atoms with Gasteiger partial charge < -0.3 is 10.1 Å². The monoisotopic (exact) mass is 376 g/mol. The molecule has 1 saturated heterocycles. The van der Waals surface area contributed by atoms with E-state index in [2.05, 4.69) is 41.0 Å². The van der Waals surface area contributed by atoms with Gasteiger partial charge in [-0.1, -0.05) is 0 Å². The fraction of sp³-hybridized carbons (Fsp3) is 0.632. The van der Waals surface area contributed by atoms with Gasteiger partial charge in [0.2, 0.25) is 0 Å². The third-order valence-electron chi connectivity index (χ3n) is 4.92. The smallest absolute Gasteiger partial charge is 0.261 e. The molecule has 0 bridgehead atoms. The third kappa shape index (κ3) is 3.89. The average Bonchev–Trinajstić information content (AvgIpc) is 2.88. The van der Waals surface area contributed by atoms with Gasteiger partial charge in [0, 0.05) is 36.8 Å². The van der Waals surface area contributed by atoms with Crippen LogP contribution < -0.4 is 5.32 Å². The summed E-state index contributed by atoms with van der Waals surface area (Å²) in [7, 11) is 0. The van der Waals surface area contributed by atoms with Crippen molar-refractivity contribution in [2.45, 2.75) is 59.8 Å². The molecule has 0 radical (unpaired) electrons. The number of aryl methyl sites for hydroxylation is 3. The number of hydrogen-bond donors (Lipinski definition) is 1. The molecule has 2 aromatic rings. The molecule has 26 heavy (non-hydrogen) atoms. The Kier molecular flexibility index (Phi) is 5.60. The molecule has 1 aliphatic rings. The van der Waals surface area contributed by atoms with Crippen LogP contribution in [0.1, 0.15) is 47.5 Å². The highest BCUT2D eigenvalue weighted by molar-refractivity contribution is 7.20. The quantitative estimate of drug-likeness (QED) is 0.889. The van der Waals surface area contributed by atoms with Gasteiger partial charge in [0.25, 0.3) is 5.91 Å². The number of nitrogens with zero attached hydrogens (tertiary/aromatic N) is 3. The Balaban J connectivity index is 1.69. The van der Waals surface area contributed by atoms with Crippen molar-refractivity contribution in [2.24, 2.45) is 0 Å². The van der Waals surface area contributed by atoms with Crippen molar-refractivity contribution in [1.29, 1.82) is 0 Å². The van der Waals surface area contributed by atoms with Crippen LogP contribution in [0.4, 0.5) is 0 Å². The summed E-state index contributed by atoms with van der Waals surface area (Å²) in [5, 5.41) is 4.11. The van der Waals surface area contributed by atoms with Crippen molar-refractivity contribution >= 4 is 27.5 Å². The lowest BCUT2D eigenvalue weighted by Gasteiger charge is -2.38. The second kappa shape index (κ2) is 7.58. The van der Waals surface area contributed by atoms with Crippen molar-refractivity contribution in [2.75, 3.05) is 19.6 Å². The minimum Gasteiger partial charge on any atom is -0.373 e. The predicted molar refractivity (Wildman–Crippen MR) is 105 cm³/mol. The Morgan fingerprint density at radius 1 is 1.27 bits per heavy atom. The molecular formula is C19H28N4O2S. The molecule has 3 unspecified atom stereocenters. The summed E-state index contributed by atoms with van der Waals surface area (Å²) >= 11 is 1.45. The summed E-state index contributed by atoms with van der Waals surface area (Å²) in [5.41, 5.74) is 1.91. The van der Waals surface area contributed by atoms with E-state index in [9.17, 15) is 4.79 Å². The zero-order chi connectivity index (χ0) is 19.0. The molecule has 3 heterocycles. The molecule has 0 aliphatic carbocycles. The molecule has 3 atom stereocenters. The van der Waals surface area contributed by atoms with E-state index in [0.29, 0.717) is 6.54 Å². The Hall–Kier alpha value is -1.57. The maximum atomic E-state index is 12.8. The summed E-state index contributed by atoms with van der Waals surface area (Å²) in [6.07, 6.45) is 0.457. The van der Waals surface area contributed by atoms with Crippen LogP contribution in [0.25, 0.3) is 10.2 Å². The minimum atomic E-state index is -0.0243. The molecular weight excluding hydrogens is 348 g/mol. The Morgan fingerprint density at radius 3 is 2.58 bits per heavy atom. The van der Waals surface area contributed by atoms with Crippen molar-refractivity contribution in [3.8, 4) is 0 Å². The van der Waals surface area contributed by atoms with E-state index in [4.69, 9.17) is 4.74 Å². The number of thiophene rings is 1. The van der Waals surface area contributed by atoms with E-state index < -0.39 is 0 Å². The Morgan fingerprint density at radius 2 is 1.92 bits per heavy atom. The normalized spacial score (nSPS) is 22.5. The first kappa shape index (κ1) is 19.2. The van der Waals surface area contributed by atoms with Crippen molar-refractivity contribution in [1.82, 2.24) is 20.2 Å². The van der Waals surface area contributed by atoms with Crippen LogP contribution in [-0.4, -0.2) is 58.7 Å². The highest BCUT2D eigenvalue weighted by Gasteiger charge is 2.26. The van der Waals surface area contributed by atoms with Gasteiger partial charge in [0.05, 0.1) is 17.1 Å². The van der Waals surface area contributed by atoms with Crippen LogP contribution in [0.3, 0.4) is 0 Å². The number of morpholine rings is 1. The lowest BCUT2D eigenvalue weighted by Crippen LogP contribution is -2.52. The number of rotatable bonds is 4. The number of nitrogens with one attached hydrogen (secondary N) is 1.